The molecule has 0 spiro atoms. The number of halogens is 1. The van der Waals surface area contributed by atoms with Crippen LogP contribution in [-0.2, 0) is 0 Å². The molecule has 0 unspecified atom stereocenters. The SMILES string of the molecule is Nc1c(O)cccc1-n1cc(Br)cn1. The predicted octanol–water partition coefficient (Wildman–Crippen LogP) is 1.92. The monoisotopic (exact) mass is 253 g/mol. The van der Waals surface area contributed by atoms with E-state index < -0.39 is 0 Å². The Morgan fingerprint density at radius 2 is 2.21 bits per heavy atom. The minimum atomic E-state index is 0.0640. The summed E-state index contributed by atoms with van der Waals surface area (Å²) in [6.07, 6.45) is 3.43. The van der Waals surface area contributed by atoms with Gasteiger partial charge in [-0.05, 0) is 28.1 Å². The first-order chi connectivity index (χ1) is 6.68. The van der Waals surface area contributed by atoms with Crippen LogP contribution < -0.4 is 5.73 Å². The molecule has 5 heteroatoms. The third kappa shape index (κ3) is 1.46. The van der Waals surface area contributed by atoms with Crippen LogP contribution in [-0.4, -0.2) is 14.9 Å². The molecule has 0 aliphatic rings. The first kappa shape index (κ1) is 9.08. The number of anilines is 1. The summed E-state index contributed by atoms with van der Waals surface area (Å²) in [7, 11) is 0. The van der Waals surface area contributed by atoms with E-state index in [-0.39, 0.29) is 5.75 Å². The number of nitrogens with zero attached hydrogens (tertiary/aromatic N) is 2. The van der Waals surface area contributed by atoms with Gasteiger partial charge in [0.2, 0.25) is 0 Å². The standard InChI is InChI=1S/C9H8BrN3O/c10-6-4-12-13(5-6)7-2-1-3-8(14)9(7)11/h1-5,14H,11H2. The van der Waals surface area contributed by atoms with Crippen molar-refractivity contribution in [1.82, 2.24) is 9.78 Å². The van der Waals surface area contributed by atoms with E-state index in [0.29, 0.717) is 11.4 Å². The van der Waals surface area contributed by atoms with E-state index in [1.54, 1.807) is 29.2 Å². The number of hydrogen-bond acceptors (Lipinski definition) is 3. The summed E-state index contributed by atoms with van der Waals surface area (Å²) < 4.78 is 2.46. The second kappa shape index (κ2) is 3.34. The van der Waals surface area contributed by atoms with E-state index >= 15 is 0 Å². The summed E-state index contributed by atoms with van der Waals surface area (Å²) in [6.45, 7) is 0. The van der Waals surface area contributed by atoms with Gasteiger partial charge < -0.3 is 10.8 Å². The van der Waals surface area contributed by atoms with Crippen molar-refractivity contribution in [3.63, 3.8) is 0 Å². The summed E-state index contributed by atoms with van der Waals surface area (Å²) in [5, 5.41) is 13.5. The van der Waals surface area contributed by atoms with Gasteiger partial charge in [-0.2, -0.15) is 5.10 Å². The molecule has 1 aromatic carbocycles. The Morgan fingerprint density at radius 1 is 1.43 bits per heavy atom. The van der Waals surface area contributed by atoms with Crippen molar-refractivity contribution in [3.05, 3.63) is 35.1 Å². The summed E-state index contributed by atoms with van der Waals surface area (Å²) in [5.74, 6) is 0.0640. The number of nitrogen functional groups attached to an aromatic ring is 1. The van der Waals surface area contributed by atoms with Crippen LogP contribution in [0.2, 0.25) is 0 Å². The van der Waals surface area contributed by atoms with Crippen LogP contribution in [0, 0.1) is 0 Å². The van der Waals surface area contributed by atoms with E-state index in [2.05, 4.69) is 21.0 Å². The molecule has 0 bridgehead atoms. The number of phenols is 1. The Kier molecular flexibility index (Phi) is 2.17. The zero-order valence-electron chi connectivity index (χ0n) is 7.18. The summed E-state index contributed by atoms with van der Waals surface area (Å²) >= 11 is 3.29. The average molecular weight is 254 g/mol. The maximum absolute atomic E-state index is 9.39. The lowest BCUT2D eigenvalue weighted by Gasteiger charge is -2.06. The van der Waals surface area contributed by atoms with Crippen LogP contribution in [0.25, 0.3) is 5.69 Å². The van der Waals surface area contributed by atoms with Gasteiger partial charge in [-0.15, -0.1) is 0 Å². The van der Waals surface area contributed by atoms with E-state index in [1.807, 2.05) is 0 Å². The fourth-order valence-electron chi connectivity index (χ4n) is 1.17. The molecule has 0 aliphatic carbocycles. The molecule has 0 fully saturated rings. The Balaban J connectivity index is 2.57. The van der Waals surface area contributed by atoms with Crippen molar-refractivity contribution in [2.45, 2.75) is 0 Å². The highest BCUT2D eigenvalue weighted by atomic mass is 79.9. The highest BCUT2D eigenvalue weighted by Gasteiger charge is 2.06. The molecule has 2 aromatic rings. The zero-order valence-corrected chi connectivity index (χ0v) is 8.77. The van der Waals surface area contributed by atoms with Gasteiger partial charge in [-0.25, -0.2) is 4.68 Å². The van der Waals surface area contributed by atoms with Crippen LogP contribution >= 0.6 is 15.9 Å². The largest absolute Gasteiger partial charge is 0.506 e. The molecule has 0 saturated heterocycles. The maximum atomic E-state index is 9.39. The molecular weight excluding hydrogens is 246 g/mol. The fraction of sp³-hybridized carbons (Fsp3) is 0. The number of hydrogen-bond donors (Lipinski definition) is 2. The van der Waals surface area contributed by atoms with Gasteiger partial charge in [0, 0.05) is 6.20 Å². The molecular formula is C9H8BrN3O. The van der Waals surface area contributed by atoms with E-state index in [0.717, 1.165) is 4.47 Å². The quantitative estimate of drug-likeness (QED) is 0.603. The molecule has 1 aromatic heterocycles. The molecule has 0 radical (unpaired) electrons. The Labute approximate surface area is 89.1 Å². The van der Waals surface area contributed by atoms with Crippen molar-refractivity contribution in [2.75, 3.05) is 5.73 Å². The van der Waals surface area contributed by atoms with E-state index in [9.17, 15) is 5.11 Å². The van der Waals surface area contributed by atoms with Crippen molar-refractivity contribution in [3.8, 4) is 11.4 Å². The van der Waals surface area contributed by atoms with Crippen molar-refractivity contribution < 1.29 is 5.11 Å². The number of phenolic OH excluding ortho intramolecular Hbond substituents is 1. The predicted molar refractivity (Wildman–Crippen MR) is 57.3 cm³/mol. The summed E-state index contributed by atoms with van der Waals surface area (Å²) in [5.41, 5.74) is 6.68. The van der Waals surface area contributed by atoms with Gasteiger partial charge in [0.25, 0.3) is 0 Å². The van der Waals surface area contributed by atoms with Gasteiger partial charge in [0.15, 0.2) is 0 Å². The van der Waals surface area contributed by atoms with Gasteiger partial charge in [0.1, 0.15) is 11.4 Å². The first-order valence-corrected chi connectivity index (χ1v) is 4.76. The highest BCUT2D eigenvalue weighted by Crippen LogP contribution is 2.26. The van der Waals surface area contributed by atoms with Crippen molar-refractivity contribution >= 4 is 21.6 Å². The van der Waals surface area contributed by atoms with Gasteiger partial charge in [-0.3, -0.25) is 0 Å². The third-order valence-corrected chi connectivity index (χ3v) is 2.27. The Hall–Kier alpha value is -1.49. The number of rotatable bonds is 1. The molecule has 3 N–H and O–H groups in total. The van der Waals surface area contributed by atoms with Crippen molar-refractivity contribution in [1.29, 1.82) is 0 Å². The van der Waals surface area contributed by atoms with E-state index in [1.165, 1.54) is 6.07 Å². The molecule has 0 saturated carbocycles. The maximum Gasteiger partial charge on any atom is 0.140 e. The lowest BCUT2D eigenvalue weighted by Crippen LogP contribution is -1.99. The molecule has 0 amide bonds. The number of benzene rings is 1. The van der Waals surface area contributed by atoms with Crippen LogP contribution in [0.5, 0.6) is 5.75 Å². The Bertz CT molecular complexity index is 467. The third-order valence-electron chi connectivity index (χ3n) is 1.86. The van der Waals surface area contributed by atoms with Crippen LogP contribution in [0.1, 0.15) is 0 Å². The lowest BCUT2D eigenvalue weighted by atomic mass is 10.2. The second-order valence-electron chi connectivity index (χ2n) is 2.81. The van der Waals surface area contributed by atoms with Crippen LogP contribution in [0.4, 0.5) is 5.69 Å². The molecule has 0 atom stereocenters. The fourth-order valence-corrected chi connectivity index (χ4v) is 1.46. The molecule has 4 nitrogen and oxygen atoms in total. The molecule has 2 rings (SSSR count). The zero-order chi connectivity index (χ0) is 10.1. The number of para-hydroxylation sites is 1. The molecule has 1 heterocycles. The number of aromatic hydroxyl groups is 1. The molecule has 72 valence electrons. The molecule has 14 heavy (non-hydrogen) atoms. The second-order valence-corrected chi connectivity index (χ2v) is 3.73. The minimum Gasteiger partial charge on any atom is -0.506 e. The van der Waals surface area contributed by atoms with Gasteiger partial charge in [0.05, 0.1) is 16.4 Å². The lowest BCUT2D eigenvalue weighted by molar-refractivity contribution is 0.477. The average Bonchev–Trinajstić information content (AvgIpc) is 2.57. The van der Waals surface area contributed by atoms with Crippen LogP contribution in [0.15, 0.2) is 35.1 Å². The van der Waals surface area contributed by atoms with Crippen molar-refractivity contribution in [2.24, 2.45) is 0 Å². The highest BCUT2D eigenvalue weighted by molar-refractivity contribution is 9.10. The van der Waals surface area contributed by atoms with E-state index in [4.69, 9.17) is 5.73 Å². The van der Waals surface area contributed by atoms with Crippen LogP contribution in [0.3, 0.4) is 0 Å². The first-order valence-electron chi connectivity index (χ1n) is 3.96. The smallest absolute Gasteiger partial charge is 0.140 e. The van der Waals surface area contributed by atoms with Gasteiger partial charge >= 0.3 is 0 Å². The summed E-state index contributed by atoms with van der Waals surface area (Å²) in [6, 6.07) is 5.04. The topological polar surface area (TPSA) is 64.1 Å². The molecule has 0 aliphatic heterocycles. The minimum absolute atomic E-state index is 0.0640. The van der Waals surface area contributed by atoms with Gasteiger partial charge in [-0.1, -0.05) is 6.07 Å². The number of aromatic nitrogens is 2. The Morgan fingerprint density at radius 3 is 2.86 bits per heavy atom. The number of nitrogens with two attached hydrogens (primary N) is 1. The normalized spacial score (nSPS) is 10.4. The summed E-state index contributed by atoms with van der Waals surface area (Å²) in [4.78, 5) is 0.